The van der Waals surface area contributed by atoms with Crippen LogP contribution in [0.1, 0.15) is 12.5 Å². The van der Waals surface area contributed by atoms with Gasteiger partial charge in [-0.2, -0.15) is 5.10 Å². The highest BCUT2D eigenvalue weighted by Gasteiger charge is 2.10. The molecule has 0 radical (unpaired) electrons. The van der Waals surface area contributed by atoms with E-state index < -0.39 is 11.6 Å². The van der Waals surface area contributed by atoms with Crippen LogP contribution in [0.15, 0.2) is 22.3 Å². The van der Waals surface area contributed by atoms with E-state index in [0.717, 1.165) is 18.3 Å². The van der Waals surface area contributed by atoms with Crippen molar-refractivity contribution in [1.29, 1.82) is 0 Å². The summed E-state index contributed by atoms with van der Waals surface area (Å²) in [5.74, 6) is -1.89. The molecule has 0 aliphatic rings. The van der Waals surface area contributed by atoms with E-state index in [-0.39, 0.29) is 23.9 Å². The lowest BCUT2D eigenvalue weighted by molar-refractivity contribution is 0.319. The summed E-state index contributed by atoms with van der Waals surface area (Å²) in [6.45, 7) is 1.92. The average Bonchev–Trinajstić information content (AvgIpc) is 2.22. The van der Waals surface area contributed by atoms with Crippen molar-refractivity contribution in [2.45, 2.75) is 6.92 Å². The molecule has 0 heterocycles. The smallest absolute Gasteiger partial charge is 0.211 e. The highest BCUT2D eigenvalue weighted by Crippen LogP contribution is 2.23. The van der Waals surface area contributed by atoms with Crippen molar-refractivity contribution in [3.63, 3.8) is 0 Å². The van der Waals surface area contributed by atoms with Crippen LogP contribution >= 0.6 is 0 Å². The fraction of sp³-hybridized carbons (Fsp3) is 0.200. The summed E-state index contributed by atoms with van der Waals surface area (Å²) in [5.41, 5.74) is 10.2. The van der Waals surface area contributed by atoms with Crippen molar-refractivity contribution < 1.29 is 13.5 Å². The third kappa shape index (κ3) is 3.71. The number of rotatable bonds is 4. The second-order valence-corrected chi connectivity index (χ2v) is 3.01. The minimum absolute atomic E-state index is 0.0940. The maximum absolute atomic E-state index is 13.4. The molecule has 0 spiro atoms. The summed E-state index contributed by atoms with van der Waals surface area (Å²) in [6, 6.07) is 1.79. The predicted molar refractivity (Wildman–Crippen MR) is 60.9 cm³/mol. The third-order valence-corrected chi connectivity index (χ3v) is 1.70. The number of hydrogen-bond acceptors (Lipinski definition) is 3. The van der Waals surface area contributed by atoms with Gasteiger partial charge in [0.2, 0.25) is 5.96 Å². The van der Waals surface area contributed by atoms with Crippen molar-refractivity contribution in [3.8, 4) is 5.75 Å². The molecule has 0 aliphatic heterocycles. The highest BCUT2D eigenvalue weighted by molar-refractivity contribution is 5.84. The number of nitrogens with zero attached hydrogens (tertiary/aromatic N) is 2. The predicted octanol–water partition coefficient (Wildman–Crippen LogP) is 0.971. The van der Waals surface area contributed by atoms with Crippen LogP contribution < -0.4 is 16.2 Å². The van der Waals surface area contributed by atoms with Gasteiger partial charge in [-0.05, 0) is 13.0 Å². The first-order chi connectivity index (χ1) is 8.04. The Hall–Kier alpha value is -2.18. The normalized spacial score (nSPS) is 10.5. The van der Waals surface area contributed by atoms with E-state index >= 15 is 0 Å². The molecule has 92 valence electrons. The van der Waals surface area contributed by atoms with Crippen LogP contribution in [0.3, 0.4) is 0 Å². The number of benzene rings is 1. The number of halogens is 2. The molecule has 7 heteroatoms. The Kier molecular flexibility index (Phi) is 4.38. The fourth-order valence-corrected chi connectivity index (χ4v) is 1.13. The second-order valence-electron chi connectivity index (χ2n) is 3.01. The van der Waals surface area contributed by atoms with Crippen LogP contribution in [0.4, 0.5) is 8.78 Å². The summed E-state index contributed by atoms with van der Waals surface area (Å²) in [5, 5.41) is 6.79. The van der Waals surface area contributed by atoms with Gasteiger partial charge in [0.1, 0.15) is 5.82 Å². The lowest BCUT2D eigenvalue weighted by atomic mass is 10.2. The monoisotopic (exact) mass is 242 g/mol. The van der Waals surface area contributed by atoms with E-state index in [9.17, 15) is 8.78 Å². The summed E-state index contributed by atoms with van der Waals surface area (Å²) in [6.07, 6.45) is 1.11. The van der Waals surface area contributed by atoms with Gasteiger partial charge in [0, 0.05) is 11.6 Å². The van der Waals surface area contributed by atoms with E-state index in [1.54, 1.807) is 6.92 Å². The largest absolute Gasteiger partial charge is 0.490 e. The minimum atomic E-state index is -0.807. The summed E-state index contributed by atoms with van der Waals surface area (Å²) in [7, 11) is 0. The van der Waals surface area contributed by atoms with E-state index in [0.29, 0.717) is 0 Å². The van der Waals surface area contributed by atoms with Crippen LogP contribution in [0, 0.1) is 11.6 Å². The topological polar surface area (TPSA) is 86.0 Å². The standard InChI is InChI=1S/C10H12F2N4O/c1-2-17-9-6(5-15-16-10(13)14)3-7(11)4-8(9)12/h3-5H,2H2,1H3,(H4,13,14,16). The number of guanidine groups is 1. The first-order valence-corrected chi connectivity index (χ1v) is 4.78. The van der Waals surface area contributed by atoms with Gasteiger partial charge in [0.15, 0.2) is 11.6 Å². The lowest BCUT2D eigenvalue weighted by Crippen LogP contribution is -2.21. The van der Waals surface area contributed by atoms with Gasteiger partial charge < -0.3 is 16.2 Å². The van der Waals surface area contributed by atoms with E-state index in [4.69, 9.17) is 16.2 Å². The Labute approximate surface area is 96.8 Å². The Morgan fingerprint density at radius 3 is 2.71 bits per heavy atom. The number of ether oxygens (including phenoxy) is 1. The Morgan fingerprint density at radius 1 is 1.41 bits per heavy atom. The van der Waals surface area contributed by atoms with E-state index in [1.165, 1.54) is 0 Å². The van der Waals surface area contributed by atoms with Crippen molar-refractivity contribution in [3.05, 3.63) is 29.3 Å². The van der Waals surface area contributed by atoms with Crippen LogP contribution in [0.2, 0.25) is 0 Å². The molecule has 0 atom stereocenters. The van der Waals surface area contributed by atoms with Crippen molar-refractivity contribution in [1.82, 2.24) is 0 Å². The zero-order chi connectivity index (χ0) is 12.8. The summed E-state index contributed by atoms with van der Waals surface area (Å²) >= 11 is 0. The molecule has 4 N–H and O–H groups in total. The summed E-state index contributed by atoms with van der Waals surface area (Å²) < 4.78 is 31.4. The summed E-state index contributed by atoms with van der Waals surface area (Å²) in [4.78, 5) is 0. The molecule has 0 saturated heterocycles. The highest BCUT2D eigenvalue weighted by atomic mass is 19.1. The number of nitrogens with two attached hydrogens (primary N) is 2. The van der Waals surface area contributed by atoms with Crippen molar-refractivity contribution >= 4 is 12.2 Å². The molecule has 1 aromatic rings. The maximum atomic E-state index is 13.4. The quantitative estimate of drug-likeness (QED) is 0.468. The van der Waals surface area contributed by atoms with Gasteiger partial charge in [-0.1, -0.05) is 0 Å². The first kappa shape index (κ1) is 12.9. The molecule has 0 bridgehead atoms. The molecule has 0 aromatic heterocycles. The van der Waals surface area contributed by atoms with Crippen molar-refractivity contribution in [2.75, 3.05) is 6.61 Å². The first-order valence-electron chi connectivity index (χ1n) is 4.78. The number of hydrogen-bond donors (Lipinski definition) is 2. The molecular weight excluding hydrogens is 230 g/mol. The molecule has 0 saturated carbocycles. The molecular formula is C10H12F2N4O. The van der Waals surface area contributed by atoms with Gasteiger partial charge in [0.05, 0.1) is 12.8 Å². The van der Waals surface area contributed by atoms with Gasteiger partial charge in [-0.3, -0.25) is 0 Å². The second kappa shape index (κ2) is 5.78. The van der Waals surface area contributed by atoms with Gasteiger partial charge in [-0.25, -0.2) is 8.78 Å². The minimum Gasteiger partial charge on any atom is -0.490 e. The van der Waals surface area contributed by atoms with Gasteiger partial charge in [-0.15, -0.1) is 5.10 Å². The average molecular weight is 242 g/mol. The SMILES string of the molecule is CCOc1c(F)cc(F)cc1C=NN=C(N)N. The van der Waals surface area contributed by atoms with E-state index in [1.807, 2.05) is 0 Å². The fourth-order valence-electron chi connectivity index (χ4n) is 1.13. The maximum Gasteiger partial charge on any atom is 0.211 e. The molecule has 17 heavy (non-hydrogen) atoms. The Morgan fingerprint density at radius 2 is 2.12 bits per heavy atom. The Balaban J connectivity index is 3.11. The zero-order valence-electron chi connectivity index (χ0n) is 9.15. The van der Waals surface area contributed by atoms with Crippen LogP contribution in [0.5, 0.6) is 5.75 Å². The molecule has 5 nitrogen and oxygen atoms in total. The van der Waals surface area contributed by atoms with Gasteiger partial charge in [0.25, 0.3) is 0 Å². The van der Waals surface area contributed by atoms with Crippen molar-refractivity contribution in [2.24, 2.45) is 21.7 Å². The molecule has 1 rings (SSSR count). The molecule has 0 aliphatic carbocycles. The molecule has 0 amide bonds. The van der Waals surface area contributed by atoms with Gasteiger partial charge >= 0.3 is 0 Å². The van der Waals surface area contributed by atoms with Crippen LogP contribution in [0.25, 0.3) is 0 Å². The Bertz CT molecular complexity index is 456. The van der Waals surface area contributed by atoms with Crippen LogP contribution in [-0.4, -0.2) is 18.8 Å². The van der Waals surface area contributed by atoms with E-state index in [2.05, 4.69) is 10.2 Å². The molecule has 1 aromatic carbocycles. The lowest BCUT2D eigenvalue weighted by Gasteiger charge is -2.07. The zero-order valence-corrected chi connectivity index (χ0v) is 9.15. The third-order valence-electron chi connectivity index (χ3n) is 1.70. The molecule has 0 unspecified atom stereocenters. The van der Waals surface area contributed by atoms with Crippen LogP contribution in [-0.2, 0) is 0 Å². The molecule has 0 fully saturated rings.